The first-order valence-electron chi connectivity index (χ1n) is 10.6. The van der Waals surface area contributed by atoms with Crippen molar-refractivity contribution in [2.45, 2.75) is 25.9 Å². The standard InChI is InChI=1S/C26H22BrClN4S/c1-16-14-22(17(2)31(16)21-7-5-6-19(28)15-21)25-24(23-8-3-4-13-29-23)30-26(33)32(25)20-11-9-18(27)10-12-20/h3-15,24-25H,1-2H3,(H,30,33)/t24-,25+/m1/s1. The minimum atomic E-state index is -0.0874. The summed E-state index contributed by atoms with van der Waals surface area (Å²) in [5, 5.41) is 4.94. The van der Waals surface area contributed by atoms with Crippen LogP contribution in [0.2, 0.25) is 5.02 Å². The number of aromatic nitrogens is 2. The Kier molecular flexibility index (Phi) is 5.99. The fourth-order valence-corrected chi connectivity index (χ4v) is 5.45. The highest BCUT2D eigenvalue weighted by Crippen LogP contribution is 2.44. The summed E-state index contributed by atoms with van der Waals surface area (Å²) in [6, 6.07) is 24.3. The quantitative estimate of drug-likeness (QED) is 0.282. The van der Waals surface area contributed by atoms with Gasteiger partial charge in [0.15, 0.2) is 5.11 Å². The van der Waals surface area contributed by atoms with Crippen LogP contribution in [0.15, 0.2) is 83.5 Å². The molecule has 0 unspecified atom stereocenters. The summed E-state index contributed by atoms with van der Waals surface area (Å²) in [5.41, 5.74) is 6.51. The van der Waals surface area contributed by atoms with Gasteiger partial charge < -0.3 is 14.8 Å². The molecule has 3 heterocycles. The van der Waals surface area contributed by atoms with Crippen LogP contribution in [0.4, 0.5) is 5.69 Å². The van der Waals surface area contributed by atoms with Crippen LogP contribution < -0.4 is 10.2 Å². The van der Waals surface area contributed by atoms with E-state index in [1.807, 2.05) is 48.7 Å². The third kappa shape index (κ3) is 4.07. The van der Waals surface area contributed by atoms with Crippen molar-refractivity contribution in [2.75, 3.05) is 4.90 Å². The Morgan fingerprint density at radius 2 is 1.76 bits per heavy atom. The molecule has 7 heteroatoms. The number of rotatable bonds is 4. The molecule has 1 saturated heterocycles. The lowest BCUT2D eigenvalue weighted by Gasteiger charge is -2.28. The van der Waals surface area contributed by atoms with E-state index < -0.39 is 0 Å². The van der Waals surface area contributed by atoms with Crippen molar-refractivity contribution >= 4 is 50.5 Å². The fraction of sp³-hybridized carbons (Fsp3) is 0.154. The second-order valence-electron chi connectivity index (χ2n) is 8.11. The number of thiocarbonyl (C=S) groups is 1. The van der Waals surface area contributed by atoms with Crippen LogP contribution in [0.1, 0.15) is 34.7 Å². The normalized spacial score (nSPS) is 17.9. The van der Waals surface area contributed by atoms with Crippen molar-refractivity contribution in [3.8, 4) is 5.69 Å². The monoisotopic (exact) mass is 536 g/mol. The number of halogens is 2. The number of hydrogen-bond acceptors (Lipinski definition) is 2. The molecule has 0 bridgehead atoms. The zero-order valence-corrected chi connectivity index (χ0v) is 21.3. The zero-order valence-electron chi connectivity index (χ0n) is 18.2. The van der Waals surface area contributed by atoms with Crippen LogP contribution in [0.25, 0.3) is 5.69 Å². The van der Waals surface area contributed by atoms with Gasteiger partial charge in [-0.15, -0.1) is 0 Å². The van der Waals surface area contributed by atoms with Gasteiger partial charge in [-0.05, 0) is 92.3 Å². The van der Waals surface area contributed by atoms with Gasteiger partial charge in [-0.25, -0.2) is 0 Å². The second kappa shape index (κ2) is 8.93. The molecule has 4 nitrogen and oxygen atoms in total. The van der Waals surface area contributed by atoms with Gasteiger partial charge in [-0.3, -0.25) is 4.98 Å². The van der Waals surface area contributed by atoms with E-state index in [1.165, 1.54) is 5.56 Å². The maximum absolute atomic E-state index is 6.31. The van der Waals surface area contributed by atoms with Crippen molar-refractivity contribution in [1.82, 2.24) is 14.9 Å². The fourth-order valence-electron chi connectivity index (χ4n) is 4.65. The predicted molar refractivity (Wildman–Crippen MR) is 142 cm³/mol. The maximum atomic E-state index is 6.31. The van der Waals surface area contributed by atoms with Crippen LogP contribution in [-0.2, 0) is 0 Å². The Labute approximate surface area is 212 Å². The van der Waals surface area contributed by atoms with Crippen molar-refractivity contribution in [3.05, 3.63) is 111 Å². The van der Waals surface area contributed by atoms with E-state index in [9.17, 15) is 0 Å². The molecule has 0 amide bonds. The lowest BCUT2D eigenvalue weighted by atomic mass is 9.96. The zero-order chi connectivity index (χ0) is 23.1. The smallest absolute Gasteiger partial charge is 0.174 e. The van der Waals surface area contributed by atoms with E-state index in [0.29, 0.717) is 10.1 Å². The van der Waals surface area contributed by atoms with Gasteiger partial charge in [0.1, 0.15) is 0 Å². The molecule has 2 aromatic heterocycles. The van der Waals surface area contributed by atoms with E-state index >= 15 is 0 Å². The molecule has 1 N–H and O–H groups in total. The first-order chi connectivity index (χ1) is 15.9. The molecule has 166 valence electrons. The average molecular weight is 538 g/mol. The summed E-state index contributed by atoms with van der Waals surface area (Å²) in [5.74, 6) is 0. The van der Waals surface area contributed by atoms with Crippen molar-refractivity contribution in [2.24, 2.45) is 0 Å². The molecule has 2 aromatic carbocycles. The minimum absolute atomic E-state index is 0.0623. The minimum Gasteiger partial charge on any atom is -0.351 e. The van der Waals surface area contributed by atoms with Crippen LogP contribution >= 0.6 is 39.7 Å². The predicted octanol–water partition coefficient (Wildman–Crippen LogP) is 7.08. The Balaban J connectivity index is 1.68. The number of benzene rings is 2. The molecule has 0 radical (unpaired) electrons. The molecule has 2 atom stereocenters. The molecular weight excluding hydrogens is 516 g/mol. The summed E-state index contributed by atoms with van der Waals surface area (Å²) in [7, 11) is 0. The summed E-state index contributed by atoms with van der Waals surface area (Å²) in [6.07, 6.45) is 1.83. The molecule has 0 aliphatic carbocycles. The second-order valence-corrected chi connectivity index (χ2v) is 9.85. The lowest BCUT2D eigenvalue weighted by Crippen LogP contribution is -2.29. The SMILES string of the molecule is Cc1cc([C@H]2[C@@H](c3ccccn3)NC(=S)N2c2ccc(Br)cc2)c(C)n1-c1cccc(Cl)c1. The van der Waals surface area contributed by atoms with E-state index in [4.69, 9.17) is 23.8 Å². The highest BCUT2D eigenvalue weighted by Gasteiger charge is 2.42. The highest BCUT2D eigenvalue weighted by molar-refractivity contribution is 9.10. The average Bonchev–Trinajstić information content (AvgIpc) is 3.30. The third-order valence-electron chi connectivity index (χ3n) is 6.06. The largest absolute Gasteiger partial charge is 0.351 e. The number of pyridine rings is 1. The Morgan fingerprint density at radius 3 is 2.45 bits per heavy atom. The van der Waals surface area contributed by atoms with Gasteiger partial charge in [-0.2, -0.15) is 0 Å². The molecule has 0 spiro atoms. The Hall–Kier alpha value is -2.67. The topological polar surface area (TPSA) is 33.1 Å². The van der Waals surface area contributed by atoms with Crippen LogP contribution in [0, 0.1) is 13.8 Å². The van der Waals surface area contributed by atoms with Crippen LogP contribution in [0.3, 0.4) is 0 Å². The summed E-state index contributed by atoms with van der Waals surface area (Å²) in [4.78, 5) is 6.86. The van der Waals surface area contributed by atoms with Crippen molar-refractivity contribution in [1.29, 1.82) is 0 Å². The number of hydrogen-bond donors (Lipinski definition) is 1. The molecule has 1 aliphatic heterocycles. The van der Waals surface area contributed by atoms with Gasteiger partial charge in [0.05, 0.1) is 17.8 Å². The number of anilines is 1. The van der Waals surface area contributed by atoms with Crippen molar-refractivity contribution in [3.63, 3.8) is 0 Å². The van der Waals surface area contributed by atoms with Crippen LogP contribution in [-0.4, -0.2) is 14.7 Å². The van der Waals surface area contributed by atoms with Gasteiger partial charge in [0, 0.05) is 38.5 Å². The summed E-state index contributed by atoms with van der Waals surface area (Å²) >= 11 is 15.7. The van der Waals surface area contributed by atoms with Gasteiger partial charge in [0.25, 0.3) is 0 Å². The number of nitrogens with one attached hydrogen (secondary N) is 1. The molecule has 4 aromatic rings. The molecule has 0 saturated carbocycles. The van der Waals surface area contributed by atoms with Crippen molar-refractivity contribution < 1.29 is 0 Å². The number of aryl methyl sites for hydroxylation is 1. The van der Waals surface area contributed by atoms with E-state index in [1.54, 1.807) is 0 Å². The Morgan fingerprint density at radius 1 is 0.970 bits per heavy atom. The first-order valence-corrected chi connectivity index (χ1v) is 12.2. The molecule has 5 rings (SSSR count). The van der Waals surface area contributed by atoms with E-state index in [0.717, 1.165) is 32.9 Å². The van der Waals surface area contributed by atoms with E-state index in [-0.39, 0.29) is 12.1 Å². The molecule has 1 fully saturated rings. The molecule has 1 aliphatic rings. The first kappa shape index (κ1) is 22.1. The summed E-state index contributed by atoms with van der Waals surface area (Å²) in [6.45, 7) is 4.28. The maximum Gasteiger partial charge on any atom is 0.174 e. The summed E-state index contributed by atoms with van der Waals surface area (Å²) < 4.78 is 3.28. The molecular formula is C26H22BrClN4S. The molecule has 33 heavy (non-hydrogen) atoms. The van der Waals surface area contributed by atoms with Gasteiger partial charge in [0.2, 0.25) is 0 Å². The van der Waals surface area contributed by atoms with Crippen LogP contribution in [0.5, 0.6) is 0 Å². The van der Waals surface area contributed by atoms with Gasteiger partial charge in [-0.1, -0.05) is 39.7 Å². The van der Waals surface area contributed by atoms with Gasteiger partial charge >= 0.3 is 0 Å². The Bertz CT molecular complexity index is 1320. The third-order valence-corrected chi connectivity index (χ3v) is 7.14. The lowest BCUT2D eigenvalue weighted by molar-refractivity contribution is 0.565. The number of nitrogens with zero attached hydrogens (tertiary/aromatic N) is 3. The highest BCUT2D eigenvalue weighted by atomic mass is 79.9. The van der Waals surface area contributed by atoms with E-state index in [2.05, 4.69) is 79.9 Å².